The summed E-state index contributed by atoms with van der Waals surface area (Å²) in [6.07, 6.45) is -4.61. The predicted molar refractivity (Wildman–Crippen MR) is 51.7 cm³/mol. The van der Waals surface area contributed by atoms with Gasteiger partial charge in [0.1, 0.15) is 11.5 Å². The van der Waals surface area contributed by atoms with Crippen molar-refractivity contribution < 1.29 is 30.5 Å². The molecule has 0 aliphatic heterocycles. The first-order valence-corrected chi connectivity index (χ1v) is 5.58. The minimum absolute atomic E-state index is 0.364. The molecule has 0 aliphatic rings. The quantitative estimate of drug-likeness (QED) is 0.898. The van der Waals surface area contributed by atoms with Crippen LogP contribution in [0.25, 0.3) is 0 Å². The van der Waals surface area contributed by atoms with Crippen molar-refractivity contribution in [3.63, 3.8) is 0 Å². The van der Waals surface area contributed by atoms with E-state index in [0.717, 1.165) is 19.2 Å². The highest BCUT2D eigenvalue weighted by molar-refractivity contribution is 7.84. The number of methoxy groups -OCH3 is 1. The maximum Gasteiger partial charge on any atom is 0.419 e. The Morgan fingerprint density at radius 3 is 2.29 bits per heavy atom. The third kappa shape index (κ3) is 3.79. The Kier molecular flexibility index (Phi) is 3.53. The molecular weight excluding hydrogens is 263 g/mol. The summed E-state index contributed by atoms with van der Waals surface area (Å²) in [6, 6.07) is 2.25. The van der Waals surface area contributed by atoms with Crippen molar-refractivity contribution in [1.82, 2.24) is 0 Å². The molecule has 0 radical (unpaired) electrons. The van der Waals surface area contributed by atoms with Crippen LogP contribution >= 0.6 is 0 Å². The predicted octanol–water partition coefficient (Wildman–Crippen LogP) is 1.30. The molecule has 0 saturated heterocycles. The van der Waals surface area contributed by atoms with Crippen LogP contribution in [0.2, 0.25) is 0 Å². The van der Waals surface area contributed by atoms with Gasteiger partial charge >= 0.3 is 16.5 Å². The molecular formula is C8H8F3NO4S. The Morgan fingerprint density at radius 2 is 1.88 bits per heavy atom. The minimum Gasteiger partial charge on any atom is -0.496 e. The number of rotatable bonds is 3. The first-order chi connectivity index (χ1) is 7.63. The van der Waals surface area contributed by atoms with E-state index >= 15 is 0 Å². The van der Waals surface area contributed by atoms with Crippen LogP contribution in [-0.2, 0) is 16.5 Å². The highest BCUT2D eigenvalue weighted by atomic mass is 32.2. The standard InChI is InChI=1S/C8H8F3NO4S/c1-15-7-4-5(16-17(12,13)14)2-3-6(7)8(9,10)11/h2-4H,1H3,(H2,12,13,14). The summed E-state index contributed by atoms with van der Waals surface area (Å²) >= 11 is 0. The number of ether oxygens (including phenoxy) is 1. The fraction of sp³-hybridized carbons (Fsp3) is 0.250. The topological polar surface area (TPSA) is 78.6 Å². The Bertz CT molecular complexity index is 512. The second-order valence-corrected chi connectivity index (χ2v) is 4.09. The first-order valence-electron chi connectivity index (χ1n) is 4.11. The molecule has 1 aromatic carbocycles. The van der Waals surface area contributed by atoms with Gasteiger partial charge < -0.3 is 8.92 Å². The maximum atomic E-state index is 12.4. The van der Waals surface area contributed by atoms with Crippen LogP contribution in [0.15, 0.2) is 18.2 Å². The lowest BCUT2D eigenvalue weighted by Crippen LogP contribution is -2.19. The van der Waals surface area contributed by atoms with Crippen molar-refractivity contribution in [2.24, 2.45) is 5.14 Å². The summed E-state index contributed by atoms with van der Waals surface area (Å²) in [6.45, 7) is 0. The molecule has 0 aliphatic carbocycles. The van der Waals surface area contributed by atoms with Gasteiger partial charge in [0.2, 0.25) is 0 Å². The Morgan fingerprint density at radius 1 is 1.29 bits per heavy atom. The van der Waals surface area contributed by atoms with Crippen LogP contribution in [0, 0.1) is 0 Å². The smallest absolute Gasteiger partial charge is 0.419 e. The van der Waals surface area contributed by atoms with Crippen molar-refractivity contribution in [2.75, 3.05) is 7.11 Å². The van der Waals surface area contributed by atoms with Gasteiger partial charge in [0, 0.05) is 6.07 Å². The van der Waals surface area contributed by atoms with Crippen LogP contribution in [0.4, 0.5) is 13.2 Å². The van der Waals surface area contributed by atoms with Gasteiger partial charge in [-0.15, -0.1) is 0 Å². The SMILES string of the molecule is COc1cc(OS(N)(=O)=O)ccc1C(F)(F)F. The van der Waals surface area contributed by atoms with Gasteiger partial charge in [-0.05, 0) is 12.1 Å². The zero-order valence-corrected chi connectivity index (χ0v) is 9.30. The average molecular weight is 271 g/mol. The van der Waals surface area contributed by atoms with Crippen LogP contribution < -0.4 is 14.1 Å². The van der Waals surface area contributed by atoms with E-state index in [1.54, 1.807) is 0 Å². The van der Waals surface area contributed by atoms with E-state index in [-0.39, 0.29) is 5.75 Å². The van der Waals surface area contributed by atoms with Crippen LogP contribution in [0.3, 0.4) is 0 Å². The Labute approximate surface area is 95.2 Å². The van der Waals surface area contributed by atoms with Crippen molar-refractivity contribution in [1.29, 1.82) is 0 Å². The molecule has 0 fully saturated rings. The van der Waals surface area contributed by atoms with Crippen molar-refractivity contribution >= 4 is 10.3 Å². The van der Waals surface area contributed by atoms with Crippen LogP contribution in [-0.4, -0.2) is 15.5 Å². The highest BCUT2D eigenvalue weighted by Crippen LogP contribution is 2.38. The zero-order chi connectivity index (χ0) is 13.3. The van der Waals surface area contributed by atoms with Crippen LogP contribution in [0.1, 0.15) is 5.56 Å². The fourth-order valence-electron chi connectivity index (χ4n) is 1.09. The molecule has 2 N–H and O–H groups in total. The summed E-state index contributed by atoms with van der Waals surface area (Å²) in [4.78, 5) is 0. The summed E-state index contributed by atoms with van der Waals surface area (Å²) in [5.41, 5.74) is -1.04. The van der Waals surface area contributed by atoms with Crippen molar-refractivity contribution in [3.8, 4) is 11.5 Å². The lowest BCUT2D eigenvalue weighted by Gasteiger charge is -2.12. The van der Waals surface area contributed by atoms with Gasteiger partial charge in [0.05, 0.1) is 12.7 Å². The van der Waals surface area contributed by atoms with E-state index in [4.69, 9.17) is 0 Å². The maximum absolute atomic E-state index is 12.4. The molecule has 0 bridgehead atoms. The number of benzene rings is 1. The van der Waals surface area contributed by atoms with E-state index < -0.39 is 27.8 Å². The van der Waals surface area contributed by atoms with E-state index in [2.05, 4.69) is 14.1 Å². The molecule has 0 aromatic heterocycles. The van der Waals surface area contributed by atoms with Gasteiger partial charge in [-0.25, -0.2) is 0 Å². The molecule has 17 heavy (non-hydrogen) atoms. The molecule has 9 heteroatoms. The minimum atomic E-state index is -4.61. The monoisotopic (exact) mass is 271 g/mol. The summed E-state index contributed by atoms with van der Waals surface area (Å²) < 4.78 is 67.2. The molecule has 0 heterocycles. The number of alkyl halides is 3. The molecule has 5 nitrogen and oxygen atoms in total. The molecule has 1 aromatic rings. The van der Waals surface area contributed by atoms with Gasteiger partial charge in [0.25, 0.3) is 0 Å². The third-order valence-electron chi connectivity index (χ3n) is 1.69. The summed E-state index contributed by atoms with van der Waals surface area (Å²) in [5, 5.41) is 4.57. The lowest BCUT2D eigenvalue weighted by molar-refractivity contribution is -0.138. The van der Waals surface area contributed by atoms with Gasteiger partial charge in [-0.3, -0.25) is 0 Å². The highest BCUT2D eigenvalue weighted by Gasteiger charge is 2.34. The molecule has 96 valence electrons. The number of hydrogen-bond donors (Lipinski definition) is 1. The van der Waals surface area contributed by atoms with E-state index in [9.17, 15) is 21.6 Å². The average Bonchev–Trinajstić information content (AvgIpc) is 2.13. The second-order valence-electron chi connectivity index (χ2n) is 2.94. The Hall–Kier alpha value is -1.48. The molecule has 0 atom stereocenters. The Balaban J connectivity index is 3.18. The largest absolute Gasteiger partial charge is 0.496 e. The molecule has 0 saturated carbocycles. The lowest BCUT2D eigenvalue weighted by atomic mass is 10.2. The van der Waals surface area contributed by atoms with Crippen molar-refractivity contribution in [2.45, 2.75) is 6.18 Å². The second kappa shape index (κ2) is 4.41. The normalized spacial score (nSPS) is 12.3. The third-order valence-corrected chi connectivity index (χ3v) is 2.12. The van der Waals surface area contributed by atoms with Gasteiger partial charge in [-0.2, -0.15) is 26.7 Å². The molecule has 0 spiro atoms. The molecule has 0 unspecified atom stereocenters. The first kappa shape index (κ1) is 13.6. The molecule has 1 rings (SSSR count). The van der Waals surface area contributed by atoms with E-state index in [1.165, 1.54) is 0 Å². The summed E-state index contributed by atoms with van der Waals surface area (Å²) in [5.74, 6) is -0.920. The van der Waals surface area contributed by atoms with Crippen LogP contribution in [0.5, 0.6) is 11.5 Å². The van der Waals surface area contributed by atoms with E-state index in [0.29, 0.717) is 6.07 Å². The zero-order valence-electron chi connectivity index (χ0n) is 8.48. The number of nitrogens with two attached hydrogens (primary N) is 1. The number of halogens is 3. The van der Waals surface area contributed by atoms with Crippen molar-refractivity contribution in [3.05, 3.63) is 23.8 Å². The fourth-order valence-corrected chi connectivity index (χ4v) is 1.46. The number of hydrogen-bond acceptors (Lipinski definition) is 4. The molecule has 0 amide bonds. The van der Waals surface area contributed by atoms with Gasteiger partial charge in [-0.1, -0.05) is 0 Å². The summed E-state index contributed by atoms with van der Waals surface area (Å²) in [7, 11) is -3.27. The van der Waals surface area contributed by atoms with Gasteiger partial charge in [0.15, 0.2) is 0 Å². The van der Waals surface area contributed by atoms with E-state index in [1.807, 2.05) is 0 Å².